The molecule has 0 amide bonds. The normalized spacial score (nSPS) is 10.1. The molecule has 0 fully saturated rings. The lowest BCUT2D eigenvalue weighted by Crippen LogP contribution is -2.22. The summed E-state index contributed by atoms with van der Waals surface area (Å²) in [6.45, 7) is 2.13. The van der Waals surface area contributed by atoms with E-state index in [1.165, 1.54) is 0 Å². The van der Waals surface area contributed by atoms with Crippen LogP contribution in [0.4, 0.5) is 5.82 Å². The molecule has 0 atom stereocenters. The Morgan fingerprint density at radius 3 is 2.93 bits per heavy atom. The predicted molar refractivity (Wildman–Crippen MR) is 57.5 cm³/mol. The van der Waals surface area contributed by atoms with Crippen LogP contribution in [-0.4, -0.2) is 36.7 Å². The van der Waals surface area contributed by atoms with Crippen LogP contribution >= 0.6 is 0 Å². The molecule has 0 unspecified atom stereocenters. The molecular weight excluding hydrogens is 194 g/mol. The van der Waals surface area contributed by atoms with Gasteiger partial charge in [0.25, 0.3) is 0 Å². The van der Waals surface area contributed by atoms with Gasteiger partial charge in [-0.2, -0.15) is 0 Å². The number of ether oxygens (including phenoxy) is 1. The van der Waals surface area contributed by atoms with E-state index < -0.39 is 0 Å². The van der Waals surface area contributed by atoms with Gasteiger partial charge in [-0.1, -0.05) is 0 Å². The van der Waals surface area contributed by atoms with Crippen LogP contribution in [-0.2, 0) is 4.74 Å². The van der Waals surface area contributed by atoms with Crippen molar-refractivity contribution < 1.29 is 9.53 Å². The molecule has 82 valence electrons. The molecule has 0 aromatic carbocycles. The Balaban J connectivity index is 2.90. The topological polar surface area (TPSA) is 54.5 Å². The third-order valence-electron chi connectivity index (χ3n) is 1.63. The number of pyridine rings is 1. The first-order chi connectivity index (χ1) is 7.15. The van der Waals surface area contributed by atoms with Crippen molar-refractivity contribution in [1.29, 1.82) is 0 Å². The average Bonchev–Trinajstić information content (AvgIpc) is 2.18. The Bertz CT molecular complexity index is 339. The minimum atomic E-state index is -0.366. The van der Waals surface area contributed by atoms with Crippen molar-refractivity contribution in [2.24, 2.45) is 0 Å². The number of nitrogens with zero attached hydrogens (tertiary/aromatic N) is 2. The zero-order chi connectivity index (χ0) is 11.3. The van der Waals surface area contributed by atoms with Gasteiger partial charge in [0.1, 0.15) is 5.56 Å². The Kier molecular flexibility index (Phi) is 4.05. The summed E-state index contributed by atoms with van der Waals surface area (Å²) in [4.78, 5) is 15.6. The highest BCUT2D eigenvalue weighted by Gasteiger charge is 2.12. The van der Waals surface area contributed by atoms with Gasteiger partial charge in [0, 0.05) is 20.3 Å². The molecule has 0 aliphatic heterocycles. The summed E-state index contributed by atoms with van der Waals surface area (Å²) < 4.78 is 4.91. The van der Waals surface area contributed by atoms with Gasteiger partial charge < -0.3 is 10.2 Å². The average molecular weight is 209 g/mol. The first-order valence-corrected chi connectivity index (χ1v) is 4.71. The van der Waals surface area contributed by atoms with Crippen LogP contribution in [0.3, 0.4) is 0 Å². The van der Waals surface area contributed by atoms with Crippen molar-refractivity contribution in [2.45, 2.75) is 6.92 Å². The molecule has 5 nitrogen and oxygen atoms in total. The van der Waals surface area contributed by atoms with Crippen LogP contribution < -0.4 is 5.43 Å². The maximum atomic E-state index is 11.5. The Morgan fingerprint density at radius 2 is 2.33 bits per heavy atom. The molecule has 0 bridgehead atoms. The molecule has 0 aliphatic carbocycles. The summed E-state index contributed by atoms with van der Waals surface area (Å²) in [7, 11) is 3.65. The first-order valence-electron chi connectivity index (χ1n) is 4.71. The summed E-state index contributed by atoms with van der Waals surface area (Å²) in [6, 6.07) is 3.38. The predicted octanol–water partition coefficient (Wildman–Crippen LogP) is 1.15. The molecule has 1 N–H and O–H groups in total. The fourth-order valence-electron chi connectivity index (χ4n) is 1.08. The minimum Gasteiger partial charge on any atom is -0.462 e. The standard InChI is InChI=1S/C10H15N3O2/c1-4-15-10(14)8-6-5-7-11-9(8)12-13(2)3/h5-7H,4H2,1-3H3,(H,11,12). The molecule has 1 heterocycles. The van der Waals surface area contributed by atoms with Gasteiger partial charge in [-0.05, 0) is 19.1 Å². The summed E-state index contributed by atoms with van der Waals surface area (Å²) in [5.74, 6) is 0.135. The maximum absolute atomic E-state index is 11.5. The highest BCUT2D eigenvalue weighted by molar-refractivity contribution is 5.94. The zero-order valence-corrected chi connectivity index (χ0v) is 9.15. The molecule has 1 aromatic rings. The van der Waals surface area contributed by atoms with Crippen LogP contribution in [0.1, 0.15) is 17.3 Å². The summed E-state index contributed by atoms with van der Waals surface area (Å²) >= 11 is 0. The summed E-state index contributed by atoms with van der Waals surface area (Å²) in [6.07, 6.45) is 1.62. The highest BCUT2D eigenvalue weighted by atomic mass is 16.5. The van der Waals surface area contributed by atoms with Gasteiger partial charge in [-0.25, -0.2) is 14.8 Å². The number of carbonyl (C=O) groups is 1. The van der Waals surface area contributed by atoms with Crippen molar-refractivity contribution in [2.75, 3.05) is 26.1 Å². The number of anilines is 1. The van der Waals surface area contributed by atoms with Crippen LogP contribution in [0.25, 0.3) is 0 Å². The number of carbonyl (C=O) groups excluding carboxylic acids is 1. The van der Waals surface area contributed by atoms with E-state index in [9.17, 15) is 4.79 Å². The molecule has 0 radical (unpaired) electrons. The molecule has 0 aliphatic rings. The van der Waals surface area contributed by atoms with E-state index >= 15 is 0 Å². The monoisotopic (exact) mass is 209 g/mol. The minimum absolute atomic E-state index is 0.356. The summed E-state index contributed by atoms with van der Waals surface area (Å²) in [5, 5.41) is 1.71. The van der Waals surface area contributed by atoms with E-state index in [0.29, 0.717) is 18.0 Å². The van der Waals surface area contributed by atoms with E-state index in [0.717, 1.165) is 0 Å². The van der Waals surface area contributed by atoms with E-state index in [1.54, 1.807) is 30.3 Å². The van der Waals surface area contributed by atoms with Gasteiger partial charge in [0.15, 0.2) is 5.82 Å². The Morgan fingerprint density at radius 1 is 1.60 bits per heavy atom. The third kappa shape index (κ3) is 3.21. The van der Waals surface area contributed by atoms with Crippen molar-refractivity contribution in [3.8, 4) is 0 Å². The molecule has 15 heavy (non-hydrogen) atoms. The fraction of sp³-hybridized carbons (Fsp3) is 0.400. The van der Waals surface area contributed by atoms with E-state index in [-0.39, 0.29) is 5.97 Å². The molecule has 5 heteroatoms. The fourth-order valence-corrected chi connectivity index (χ4v) is 1.08. The van der Waals surface area contributed by atoms with Crippen LogP contribution in [0.5, 0.6) is 0 Å². The van der Waals surface area contributed by atoms with E-state index in [2.05, 4.69) is 10.4 Å². The van der Waals surface area contributed by atoms with Crippen LogP contribution in [0.15, 0.2) is 18.3 Å². The number of hydrogen-bond donors (Lipinski definition) is 1. The van der Waals surface area contributed by atoms with E-state index in [1.807, 2.05) is 14.1 Å². The lowest BCUT2D eigenvalue weighted by atomic mass is 10.2. The van der Waals surface area contributed by atoms with E-state index in [4.69, 9.17) is 4.74 Å². The van der Waals surface area contributed by atoms with Crippen molar-refractivity contribution in [3.05, 3.63) is 23.9 Å². The maximum Gasteiger partial charge on any atom is 0.341 e. The second kappa shape index (κ2) is 5.31. The third-order valence-corrected chi connectivity index (χ3v) is 1.63. The molecule has 1 aromatic heterocycles. The molecule has 0 spiro atoms. The number of hydrogen-bond acceptors (Lipinski definition) is 5. The number of nitrogens with one attached hydrogen (secondary N) is 1. The second-order valence-electron chi connectivity index (χ2n) is 3.13. The zero-order valence-electron chi connectivity index (χ0n) is 9.15. The lowest BCUT2D eigenvalue weighted by Gasteiger charge is -2.14. The number of hydrazine groups is 1. The van der Waals surface area contributed by atoms with Crippen LogP contribution in [0.2, 0.25) is 0 Å². The number of aromatic nitrogens is 1. The molecule has 0 saturated heterocycles. The van der Waals surface area contributed by atoms with Gasteiger partial charge >= 0.3 is 5.97 Å². The summed E-state index contributed by atoms with van der Waals surface area (Å²) in [5.41, 5.74) is 3.37. The Labute approximate surface area is 89.0 Å². The van der Waals surface area contributed by atoms with Gasteiger partial charge in [-0.3, -0.25) is 0 Å². The first kappa shape index (κ1) is 11.5. The molecule has 1 rings (SSSR count). The van der Waals surface area contributed by atoms with Gasteiger partial charge in [-0.15, -0.1) is 0 Å². The van der Waals surface area contributed by atoms with Crippen molar-refractivity contribution >= 4 is 11.8 Å². The molecule has 0 saturated carbocycles. The van der Waals surface area contributed by atoms with Crippen molar-refractivity contribution in [1.82, 2.24) is 9.99 Å². The smallest absolute Gasteiger partial charge is 0.341 e. The lowest BCUT2D eigenvalue weighted by molar-refractivity contribution is 0.0527. The Hall–Kier alpha value is -1.62. The number of rotatable bonds is 4. The highest BCUT2D eigenvalue weighted by Crippen LogP contribution is 2.12. The largest absolute Gasteiger partial charge is 0.462 e. The second-order valence-corrected chi connectivity index (χ2v) is 3.13. The number of esters is 1. The SMILES string of the molecule is CCOC(=O)c1cccnc1NN(C)C. The van der Waals surface area contributed by atoms with Gasteiger partial charge in [0.2, 0.25) is 0 Å². The quantitative estimate of drug-likeness (QED) is 0.595. The van der Waals surface area contributed by atoms with Gasteiger partial charge in [0.05, 0.1) is 6.61 Å². The molecular formula is C10H15N3O2. The van der Waals surface area contributed by atoms with Crippen molar-refractivity contribution in [3.63, 3.8) is 0 Å². The van der Waals surface area contributed by atoms with Crippen LogP contribution in [0, 0.1) is 0 Å².